The van der Waals surface area contributed by atoms with Crippen molar-refractivity contribution in [3.63, 3.8) is 0 Å². The number of carbonyl (C=O) groups is 4. The lowest BCUT2D eigenvalue weighted by Crippen LogP contribution is -2.59. The maximum absolute atomic E-state index is 11.9. The molecule has 4 aromatic rings. The summed E-state index contributed by atoms with van der Waals surface area (Å²) in [6.45, 7) is 30.4. The lowest BCUT2D eigenvalue weighted by Gasteiger charge is -2.62. The number of phenols is 6. The third kappa shape index (κ3) is 16.2. The van der Waals surface area contributed by atoms with Crippen LogP contribution in [0.5, 0.6) is 46.0 Å². The maximum atomic E-state index is 11.9. The number of aromatic hydroxyl groups is 6. The van der Waals surface area contributed by atoms with Gasteiger partial charge in [-0.2, -0.15) is 0 Å². The van der Waals surface area contributed by atoms with Crippen LogP contribution < -0.4 is 9.47 Å². The van der Waals surface area contributed by atoms with Crippen molar-refractivity contribution in [1.82, 2.24) is 0 Å². The Morgan fingerprint density at radius 1 is 0.456 bits per heavy atom. The normalized spacial score (nSPS) is 24.2. The third-order valence-corrected chi connectivity index (χ3v) is 23.4. The van der Waals surface area contributed by atoms with Gasteiger partial charge in [-0.1, -0.05) is 123 Å². The molecule has 0 aromatic heterocycles. The number of hydrogen-bond acceptors (Lipinski definition) is 15. The Kier molecular flexibility index (Phi) is 26.0. The molecule has 0 spiro atoms. The summed E-state index contributed by atoms with van der Waals surface area (Å²) in [7, 11) is 0. The second-order valence-electron chi connectivity index (χ2n) is 31.1. The fourth-order valence-electron chi connectivity index (χ4n) is 18.3. The van der Waals surface area contributed by atoms with Crippen molar-refractivity contribution in [3.05, 3.63) is 150 Å². The van der Waals surface area contributed by atoms with E-state index in [1.165, 1.54) is 12.1 Å². The molecule has 4 aromatic carbocycles. The largest absolute Gasteiger partial charge is 0.507 e. The molecule has 11 rings (SSSR count). The number of benzene rings is 4. The van der Waals surface area contributed by atoms with Crippen LogP contribution in [-0.4, -0.2) is 121 Å². The second kappa shape index (κ2) is 33.2. The molecule has 13 N–H and O–H groups in total. The molecule has 2 heterocycles. The summed E-state index contributed by atoms with van der Waals surface area (Å²) in [5.74, 6) is -4.29. The quantitative estimate of drug-likeness (QED) is 0.0242. The first-order chi connectivity index (χ1) is 48.6. The average molecular weight is 1430 g/mol. The van der Waals surface area contributed by atoms with Crippen LogP contribution in [-0.2, 0) is 25.7 Å². The molecule has 5 aliphatic carbocycles. The minimum absolute atomic E-state index is 0.00330. The highest BCUT2D eigenvalue weighted by atomic mass is 16.5. The van der Waals surface area contributed by atoms with E-state index >= 15 is 0 Å². The summed E-state index contributed by atoms with van der Waals surface area (Å²) in [4.78, 5) is 47.2. The number of carboxylic acid groups (broad SMARTS) is 4. The van der Waals surface area contributed by atoms with Crippen LogP contribution in [0.15, 0.2) is 83.5 Å². The van der Waals surface area contributed by atoms with E-state index in [4.69, 9.17) is 9.47 Å². The molecule has 0 bridgehead atoms. The smallest absolute Gasteiger partial charge is 0.339 e. The summed E-state index contributed by atoms with van der Waals surface area (Å²) >= 11 is 0. The monoisotopic (exact) mass is 1420 g/mol. The van der Waals surface area contributed by atoms with Crippen molar-refractivity contribution < 1.29 is 95.0 Å². The van der Waals surface area contributed by atoms with Gasteiger partial charge in [0, 0.05) is 57.8 Å². The SMILES string of the molecule is C=C(C)[C@@H]1CCC(CO)=C[C@H]1c1c(O)cc(CCC)c(C(=O)O)c1O.C=C(C)[C@@H]1CCC(CO)=C[C@H]1c1c(O)cc(CCCCC)c(C(=O)O)c1O.CCCCCc1cc2c(c(O)c1C(=O)O)[C@@H]1C=C(CO)CC[C@H]1C(C)(C)O2.CCCc1cc2c(c(O)c1C(=O)O)[C@@H]1[C@H]3C(CC[C@@]3(C)O2)C1(C)C. The molecule has 0 amide bonds. The average Bonchev–Trinajstić information content (AvgIpc) is 1.58. The predicted molar refractivity (Wildman–Crippen MR) is 396 cm³/mol. The number of phenolic OH excluding ortho intramolecular Hbond substituents is 2. The van der Waals surface area contributed by atoms with Gasteiger partial charge in [0.25, 0.3) is 0 Å². The van der Waals surface area contributed by atoms with Crippen LogP contribution in [0.25, 0.3) is 0 Å². The van der Waals surface area contributed by atoms with Crippen molar-refractivity contribution in [2.24, 2.45) is 35.0 Å². The lowest BCUT2D eigenvalue weighted by molar-refractivity contribution is -0.121. The number of aryl methyl sites for hydroxylation is 4. The number of fused-ring (bicyclic) bond motifs is 5. The Labute approximate surface area is 606 Å². The zero-order valence-corrected chi connectivity index (χ0v) is 62.2. The van der Waals surface area contributed by atoms with Gasteiger partial charge in [0.05, 0.1) is 19.8 Å². The number of rotatable bonds is 23. The maximum Gasteiger partial charge on any atom is 0.339 e. The number of allylic oxidation sites excluding steroid dienone is 5. The third-order valence-electron chi connectivity index (χ3n) is 23.4. The fourth-order valence-corrected chi connectivity index (χ4v) is 18.3. The highest BCUT2D eigenvalue weighted by Crippen LogP contribution is 2.74. The Bertz CT molecular complexity index is 3970. The summed E-state index contributed by atoms with van der Waals surface area (Å²) in [6, 6.07) is 6.61. The predicted octanol–water partition coefficient (Wildman–Crippen LogP) is 17.0. The molecule has 2 aliphatic heterocycles. The molecule has 0 radical (unpaired) electrons. The van der Waals surface area contributed by atoms with Gasteiger partial charge in [0.2, 0.25) is 0 Å². The number of aromatic carboxylic acids is 4. The number of unbranched alkanes of at least 4 members (excludes halogenated alkanes) is 4. The molecule has 7 aliphatic rings. The van der Waals surface area contributed by atoms with Crippen LogP contribution >= 0.6 is 0 Å². The van der Waals surface area contributed by atoms with E-state index in [2.05, 4.69) is 47.8 Å². The Morgan fingerprint density at radius 3 is 1.22 bits per heavy atom. The summed E-state index contributed by atoms with van der Waals surface area (Å²) in [5, 5.41) is 132. The first-order valence-corrected chi connectivity index (χ1v) is 37.1. The molecule has 2 saturated carbocycles. The van der Waals surface area contributed by atoms with Gasteiger partial charge in [0.15, 0.2) is 0 Å². The molecule has 2 fully saturated rings. The number of aliphatic hydroxyl groups is 3. The van der Waals surface area contributed by atoms with Crippen LogP contribution in [0.1, 0.15) is 289 Å². The van der Waals surface area contributed by atoms with Crippen molar-refractivity contribution in [3.8, 4) is 46.0 Å². The van der Waals surface area contributed by atoms with Crippen LogP contribution in [0.2, 0.25) is 0 Å². The van der Waals surface area contributed by atoms with Crippen molar-refractivity contribution >= 4 is 23.9 Å². The minimum atomic E-state index is -1.21. The van der Waals surface area contributed by atoms with E-state index in [0.717, 1.165) is 117 Å². The van der Waals surface area contributed by atoms with Gasteiger partial charge in [-0.15, -0.1) is 0 Å². The Hall–Kier alpha value is -8.26. The summed E-state index contributed by atoms with van der Waals surface area (Å²) < 4.78 is 12.7. The van der Waals surface area contributed by atoms with Crippen molar-refractivity contribution in [2.75, 3.05) is 19.8 Å². The Balaban J connectivity index is 0.000000174. The van der Waals surface area contributed by atoms with Gasteiger partial charge in [-0.3, -0.25) is 0 Å². The van der Waals surface area contributed by atoms with Gasteiger partial charge >= 0.3 is 23.9 Å². The zero-order valence-electron chi connectivity index (χ0n) is 62.2. The number of aliphatic hydroxyl groups excluding tert-OH is 3. The van der Waals surface area contributed by atoms with Crippen LogP contribution in [0.3, 0.4) is 0 Å². The summed E-state index contributed by atoms with van der Waals surface area (Å²) in [6.07, 6.45) is 21.7. The van der Waals surface area contributed by atoms with E-state index in [1.54, 1.807) is 0 Å². The minimum Gasteiger partial charge on any atom is -0.507 e. The molecule has 1 unspecified atom stereocenters. The topological polar surface area (TPSA) is 350 Å². The van der Waals surface area contributed by atoms with E-state index in [1.807, 2.05) is 71.9 Å². The first-order valence-electron chi connectivity index (χ1n) is 37.1. The molecule has 10 atom stereocenters. The van der Waals surface area contributed by atoms with Crippen molar-refractivity contribution in [1.29, 1.82) is 0 Å². The lowest BCUT2D eigenvalue weighted by atomic mass is 9.45. The van der Waals surface area contributed by atoms with Crippen LogP contribution in [0.4, 0.5) is 0 Å². The van der Waals surface area contributed by atoms with Crippen molar-refractivity contribution in [2.45, 2.75) is 239 Å². The molecule has 562 valence electrons. The Morgan fingerprint density at radius 2 is 0.825 bits per heavy atom. The van der Waals surface area contributed by atoms with Gasteiger partial charge in [-0.25, -0.2) is 19.2 Å². The van der Waals surface area contributed by atoms with E-state index in [9.17, 15) is 85.6 Å². The highest BCUT2D eigenvalue weighted by molar-refractivity contribution is 5.96. The number of carboxylic acids is 4. The van der Waals surface area contributed by atoms with Gasteiger partial charge in [-0.05, 0) is 211 Å². The van der Waals surface area contributed by atoms with Gasteiger partial charge in [0.1, 0.15) is 79.5 Å². The fraction of sp³-hybridized carbons (Fsp3) is 0.548. The van der Waals surface area contributed by atoms with E-state index in [-0.39, 0.29) is 128 Å². The number of ether oxygens (including phenoxy) is 2. The standard InChI is InChI=1S/2C22H30O5.C20H26O5.C20H26O4/c1-4-5-6-7-14-11-17-19(20(24)18(14)21(25)26)15-10-13(12-23)8-9-16(15)22(2,3)27-17;1-4-5-6-7-15-11-18(24)20(21(25)19(15)22(26)27)17-10-14(12-23)8-9-16(17)13(2)3;1-4-5-13-9-16(22)18(19(23)17(13)20(24)25)15-8-12(10-21)6-7-14(15)11(2)3;1-5-6-10-9-12-14(17(21)13(10)18(22)23)16-15-11(19(16,2)3)7-8-20(15,4)24-12/h10-11,15-16,23-24H,4-9,12H2,1-3H3,(H,25,26);10-11,16-17,23-25H,2,4-9,12H2,1,3H3,(H,26,27);8-9,14-15,21-23H,2,4-7,10H2,1,3H3,(H,24,25);9,11,15-16,21H,5-8H2,1-4H3,(H,22,23)/t15-,16-;16-,17+;14-,15+;11?,15-,16-,20-/m1001/s1. The molecule has 103 heavy (non-hydrogen) atoms. The summed E-state index contributed by atoms with van der Waals surface area (Å²) in [5.41, 5.74) is 7.49. The molecular formula is C84H112O19. The molecule has 0 saturated heterocycles. The molecular weight excluding hydrogens is 1310 g/mol. The second-order valence-corrected chi connectivity index (χ2v) is 31.1. The number of hydrogen-bond donors (Lipinski definition) is 13. The first kappa shape index (κ1) is 80.4. The van der Waals surface area contributed by atoms with E-state index < -0.39 is 41.3 Å². The van der Waals surface area contributed by atoms with E-state index in [0.29, 0.717) is 96.1 Å². The zero-order chi connectivity index (χ0) is 76.1. The molecule has 19 nitrogen and oxygen atoms in total. The van der Waals surface area contributed by atoms with Crippen LogP contribution in [0, 0.1) is 35.0 Å². The van der Waals surface area contributed by atoms with Gasteiger partial charge < -0.3 is 75.9 Å². The molecule has 19 heteroatoms. The highest BCUT2D eigenvalue weighted by Gasteiger charge is 2.70.